The minimum atomic E-state index is -0.243. The zero-order valence-corrected chi connectivity index (χ0v) is 19.6. The molecule has 0 bridgehead atoms. The number of aromatic nitrogens is 3. The van der Waals surface area contributed by atoms with Crippen molar-refractivity contribution >= 4 is 23.1 Å². The zero-order valence-electron chi connectivity index (χ0n) is 18.9. The van der Waals surface area contributed by atoms with Gasteiger partial charge in [0.2, 0.25) is 0 Å². The van der Waals surface area contributed by atoms with Crippen LogP contribution in [0.1, 0.15) is 37.6 Å². The second-order valence-electron chi connectivity index (χ2n) is 8.12. The molecular formula is C26H26ClN3O3. The summed E-state index contributed by atoms with van der Waals surface area (Å²) in [5.41, 5.74) is 3.43. The number of imidazole rings is 1. The molecule has 2 unspecified atom stereocenters. The third-order valence-corrected chi connectivity index (χ3v) is 5.92. The number of carbonyl (C=O) groups excluding carboxylic acids is 1. The number of benzene rings is 2. The quantitative estimate of drug-likeness (QED) is 0.303. The summed E-state index contributed by atoms with van der Waals surface area (Å²) in [6.45, 7) is 4.39. The van der Waals surface area contributed by atoms with Crippen LogP contribution in [0.15, 0.2) is 67.0 Å². The number of methoxy groups -OCH3 is 1. The van der Waals surface area contributed by atoms with Gasteiger partial charge in [-0.3, -0.25) is 9.20 Å². The van der Waals surface area contributed by atoms with E-state index in [9.17, 15) is 4.79 Å². The number of fused-ring (bicyclic) bond motifs is 1. The minimum Gasteiger partial charge on any atom is -0.489 e. The summed E-state index contributed by atoms with van der Waals surface area (Å²) >= 11 is 6.51. The van der Waals surface area contributed by atoms with Crippen molar-refractivity contribution in [1.29, 1.82) is 0 Å². The van der Waals surface area contributed by atoms with Gasteiger partial charge in [0.25, 0.3) is 0 Å². The summed E-state index contributed by atoms with van der Waals surface area (Å²) in [5.74, 6) is 1.08. The van der Waals surface area contributed by atoms with E-state index in [0.717, 1.165) is 33.9 Å². The Hall–Kier alpha value is -3.38. The summed E-state index contributed by atoms with van der Waals surface area (Å²) in [5, 5.41) is 0.370. The monoisotopic (exact) mass is 463 g/mol. The van der Waals surface area contributed by atoms with Gasteiger partial charge in [0.15, 0.2) is 5.15 Å². The lowest BCUT2D eigenvalue weighted by Crippen LogP contribution is -2.16. The topological polar surface area (TPSA) is 65.7 Å². The molecule has 0 saturated heterocycles. The molecule has 6 nitrogen and oxygen atoms in total. The predicted molar refractivity (Wildman–Crippen MR) is 128 cm³/mol. The normalized spacial score (nSPS) is 13.0. The molecule has 0 radical (unpaired) electrons. The number of esters is 1. The van der Waals surface area contributed by atoms with E-state index in [4.69, 9.17) is 26.1 Å². The Balaban J connectivity index is 1.67. The number of nitrogens with zero attached hydrogens (tertiary/aromatic N) is 3. The molecule has 170 valence electrons. The van der Waals surface area contributed by atoms with Crippen LogP contribution in [-0.2, 0) is 16.1 Å². The van der Waals surface area contributed by atoms with Crippen LogP contribution in [0.2, 0.25) is 5.15 Å². The average molecular weight is 464 g/mol. The van der Waals surface area contributed by atoms with Crippen molar-refractivity contribution < 1.29 is 14.3 Å². The van der Waals surface area contributed by atoms with Gasteiger partial charge in [-0.15, -0.1) is 0 Å². The third-order valence-electron chi connectivity index (χ3n) is 5.64. The standard InChI is InChI=1S/C26H26ClN3O3/c1-17(14-18(2)26(31)32-3)25-29-22(23-24(27)28-12-13-30(23)25)20-10-7-11-21(15-20)33-16-19-8-5-4-6-9-19/h4-13,15,17-18H,14,16H2,1-3H3. The van der Waals surface area contributed by atoms with Crippen LogP contribution in [0.4, 0.5) is 0 Å². The highest BCUT2D eigenvalue weighted by molar-refractivity contribution is 6.33. The first-order valence-electron chi connectivity index (χ1n) is 10.9. The Kier molecular flexibility index (Phi) is 6.94. The van der Waals surface area contributed by atoms with Crippen LogP contribution in [0.3, 0.4) is 0 Å². The Morgan fingerprint density at radius 1 is 1.12 bits per heavy atom. The Morgan fingerprint density at radius 3 is 2.67 bits per heavy atom. The van der Waals surface area contributed by atoms with E-state index >= 15 is 0 Å². The summed E-state index contributed by atoms with van der Waals surface area (Å²) < 4.78 is 12.8. The van der Waals surface area contributed by atoms with Gasteiger partial charge in [0, 0.05) is 23.9 Å². The van der Waals surface area contributed by atoms with E-state index in [1.807, 2.05) is 79.0 Å². The lowest BCUT2D eigenvalue weighted by molar-refractivity contribution is -0.145. The molecule has 0 aliphatic carbocycles. The highest BCUT2D eigenvalue weighted by atomic mass is 35.5. The SMILES string of the molecule is COC(=O)C(C)CC(C)c1nc(-c2cccc(OCc3ccccc3)c2)c2c(Cl)nccn12. The van der Waals surface area contributed by atoms with Gasteiger partial charge in [-0.2, -0.15) is 0 Å². The molecular weight excluding hydrogens is 438 g/mol. The van der Waals surface area contributed by atoms with Gasteiger partial charge < -0.3 is 9.47 Å². The maximum atomic E-state index is 11.9. The first-order chi connectivity index (χ1) is 16.0. The Labute approximate surface area is 198 Å². The van der Waals surface area contributed by atoms with Crippen molar-refractivity contribution in [2.45, 2.75) is 32.8 Å². The van der Waals surface area contributed by atoms with E-state index in [-0.39, 0.29) is 17.8 Å². The smallest absolute Gasteiger partial charge is 0.308 e. The van der Waals surface area contributed by atoms with Gasteiger partial charge in [-0.1, -0.05) is 67.9 Å². The Bertz CT molecular complexity index is 1260. The molecule has 0 amide bonds. The maximum Gasteiger partial charge on any atom is 0.308 e. The fourth-order valence-corrected chi connectivity index (χ4v) is 4.22. The molecule has 2 atom stereocenters. The fraction of sp³-hybridized carbons (Fsp3) is 0.269. The van der Waals surface area contributed by atoms with Gasteiger partial charge >= 0.3 is 5.97 Å². The predicted octanol–water partition coefficient (Wildman–Crippen LogP) is 5.93. The number of rotatable bonds is 8. The van der Waals surface area contributed by atoms with Gasteiger partial charge in [-0.05, 0) is 24.1 Å². The molecule has 0 aliphatic rings. The van der Waals surface area contributed by atoms with Crippen LogP contribution in [-0.4, -0.2) is 27.4 Å². The molecule has 0 spiro atoms. The highest BCUT2D eigenvalue weighted by Crippen LogP contribution is 2.34. The molecule has 0 N–H and O–H groups in total. The summed E-state index contributed by atoms with van der Waals surface area (Å²) in [4.78, 5) is 21.1. The number of ether oxygens (including phenoxy) is 2. The van der Waals surface area contributed by atoms with E-state index in [1.165, 1.54) is 7.11 Å². The van der Waals surface area contributed by atoms with Crippen molar-refractivity contribution in [1.82, 2.24) is 14.4 Å². The van der Waals surface area contributed by atoms with Crippen LogP contribution < -0.4 is 4.74 Å². The lowest BCUT2D eigenvalue weighted by Gasteiger charge is -2.14. The molecule has 4 aromatic rings. The van der Waals surface area contributed by atoms with E-state index in [2.05, 4.69) is 4.98 Å². The van der Waals surface area contributed by atoms with Crippen molar-refractivity contribution in [2.75, 3.05) is 7.11 Å². The first kappa shape index (κ1) is 22.8. The van der Waals surface area contributed by atoms with Crippen LogP contribution >= 0.6 is 11.6 Å². The molecule has 2 aromatic heterocycles. The molecule has 33 heavy (non-hydrogen) atoms. The van der Waals surface area contributed by atoms with Crippen molar-refractivity contribution in [3.63, 3.8) is 0 Å². The average Bonchev–Trinajstić information content (AvgIpc) is 3.24. The number of hydrogen-bond donors (Lipinski definition) is 0. The van der Waals surface area contributed by atoms with Crippen LogP contribution in [0.5, 0.6) is 5.75 Å². The third kappa shape index (κ3) is 5.01. The second-order valence-corrected chi connectivity index (χ2v) is 8.48. The molecule has 2 aromatic carbocycles. The summed E-state index contributed by atoms with van der Waals surface area (Å²) in [6, 6.07) is 17.8. The maximum absolute atomic E-state index is 11.9. The highest BCUT2D eigenvalue weighted by Gasteiger charge is 2.24. The van der Waals surface area contributed by atoms with Crippen molar-refractivity contribution in [3.8, 4) is 17.0 Å². The number of hydrogen-bond acceptors (Lipinski definition) is 5. The largest absolute Gasteiger partial charge is 0.489 e. The summed E-state index contributed by atoms with van der Waals surface area (Å²) in [7, 11) is 1.41. The van der Waals surface area contributed by atoms with Crippen LogP contribution in [0.25, 0.3) is 16.8 Å². The zero-order chi connectivity index (χ0) is 23.4. The van der Waals surface area contributed by atoms with Gasteiger partial charge in [-0.25, -0.2) is 9.97 Å². The molecule has 2 heterocycles. The molecule has 0 aliphatic heterocycles. The van der Waals surface area contributed by atoms with Crippen LogP contribution in [0, 0.1) is 5.92 Å². The molecule has 0 fully saturated rings. The Morgan fingerprint density at radius 2 is 1.91 bits per heavy atom. The van der Waals surface area contributed by atoms with Gasteiger partial charge in [0.1, 0.15) is 23.7 Å². The van der Waals surface area contributed by atoms with E-state index in [0.29, 0.717) is 18.2 Å². The van der Waals surface area contributed by atoms with Crippen molar-refractivity contribution in [2.24, 2.45) is 5.92 Å². The van der Waals surface area contributed by atoms with E-state index < -0.39 is 0 Å². The molecule has 7 heteroatoms. The van der Waals surface area contributed by atoms with E-state index in [1.54, 1.807) is 6.20 Å². The van der Waals surface area contributed by atoms with Crippen molar-refractivity contribution in [3.05, 3.63) is 83.5 Å². The fourth-order valence-electron chi connectivity index (χ4n) is 3.98. The number of carbonyl (C=O) groups is 1. The molecule has 4 rings (SSSR count). The second kappa shape index (κ2) is 10.0. The molecule has 0 saturated carbocycles. The lowest BCUT2D eigenvalue weighted by atomic mass is 9.97. The number of halogens is 1. The summed E-state index contributed by atoms with van der Waals surface area (Å²) in [6.07, 6.45) is 4.10. The minimum absolute atomic E-state index is 0.00340. The first-order valence-corrected chi connectivity index (χ1v) is 11.2. The van der Waals surface area contributed by atoms with Gasteiger partial charge in [0.05, 0.1) is 18.7 Å².